The average Bonchev–Trinajstić information content (AvgIpc) is 2.46. The van der Waals surface area contributed by atoms with Gasteiger partial charge in [-0.2, -0.15) is 0 Å². The van der Waals surface area contributed by atoms with Crippen molar-refractivity contribution in [3.63, 3.8) is 0 Å². The van der Waals surface area contributed by atoms with E-state index in [4.69, 9.17) is 4.74 Å². The van der Waals surface area contributed by atoms with E-state index in [1.165, 1.54) is 6.42 Å². The number of para-hydroxylation sites is 1. The van der Waals surface area contributed by atoms with Gasteiger partial charge in [0.05, 0.1) is 17.8 Å². The molecule has 0 unspecified atom stereocenters. The minimum atomic E-state index is -0.201. The molecule has 2 N–H and O–H groups in total. The highest BCUT2D eigenvalue weighted by Crippen LogP contribution is 2.28. The van der Waals surface area contributed by atoms with Gasteiger partial charge in [-0.05, 0) is 57.1 Å². The first-order valence-corrected chi connectivity index (χ1v) is 7.97. The molecule has 4 nitrogen and oxygen atoms in total. The van der Waals surface area contributed by atoms with Gasteiger partial charge in [0.25, 0.3) is 5.91 Å². The fourth-order valence-corrected chi connectivity index (χ4v) is 2.91. The summed E-state index contributed by atoms with van der Waals surface area (Å²) in [5.74, 6) is 0.627. The third-order valence-corrected chi connectivity index (χ3v) is 4.51. The first kappa shape index (κ1) is 14.4. The molecule has 1 aromatic rings. The van der Waals surface area contributed by atoms with E-state index in [-0.39, 0.29) is 24.2 Å². The van der Waals surface area contributed by atoms with E-state index in [9.17, 15) is 9.90 Å². The average molecular weight is 289 g/mol. The molecule has 2 aliphatic rings. The molecule has 1 aromatic carbocycles. The van der Waals surface area contributed by atoms with Gasteiger partial charge in [0.15, 0.2) is 0 Å². The van der Waals surface area contributed by atoms with Crippen LogP contribution in [0.2, 0.25) is 0 Å². The Morgan fingerprint density at radius 1 is 1.10 bits per heavy atom. The number of aliphatic hydroxyl groups is 1. The molecule has 2 aliphatic carbocycles. The van der Waals surface area contributed by atoms with Gasteiger partial charge in [-0.3, -0.25) is 4.79 Å². The van der Waals surface area contributed by atoms with Gasteiger partial charge in [0.1, 0.15) is 5.75 Å². The smallest absolute Gasteiger partial charge is 0.255 e. The van der Waals surface area contributed by atoms with Gasteiger partial charge in [0.2, 0.25) is 0 Å². The molecule has 21 heavy (non-hydrogen) atoms. The molecular weight excluding hydrogens is 266 g/mol. The van der Waals surface area contributed by atoms with Crippen LogP contribution in [0.15, 0.2) is 24.3 Å². The molecule has 0 bridgehead atoms. The van der Waals surface area contributed by atoms with Crippen LogP contribution >= 0.6 is 0 Å². The number of nitrogens with one attached hydrogen (secondary N) is 1. The van der Waals surface area contributed by atoms with Crippen LogP contribution in [0.3, 0.4) is 0 Å². The highest BCUT2D eigenvalue weighted by atomic mass is 16.5. The molecule has 0 atom stereocenters. The van der Waals surface area contributed by atoms with Crippen LogP contribution in [0.1, 0.15) is 55.3 Å². The Hall–Kier alpha value is -1.55. The van der Waals surface area contributed by atoms with E-state index < -0.39 is 0 Å². The lowest BCUT2D eigenvalue weighted by Gasteiger charge is -2.28. The fourth-order valence-electron chi connectivity index (χ4n) is 2.91. The summed E-state index contributed by atoms with van der Waals surface area (Å²) in [6, 6.07) is 7.63. The number of carbonyl (C=O) groups is 1. The summed E-state index contributed by atoms with van der Waals surface area (Å²) in [5, 5.41) is 12.6. The van der Waals surface area contributed by atoms with Crippen molar-refractivity contribution in [1.82, 2.24) is 5.32 Å². The quantitative estimate of drug-likeness (QED) is 0.896. The SMILES string of the molecule is O=C(NC1CCC(O)CC1)c1ccccc1OC1CCC1. The lowest BCUT2D eigenvalue weighted by molar-refractivity contribution is 0.0849. The largest absolute Gasteiger partial charge is 0.490 e. The molecule has 2 saturated carbocycles. The maximum absolute atomic E-state index is 12.4. The zero-order valence-electron chi connectivity index (χ0n) is 12.3. The molecule has 4 heteroatoms. The Morgan fingerprint density at radius 3 is 2.48 bits per heavy atom. The van der Waals surface area contributed by atoms with Gasteiger partial charge >= 0.3 is 0 Å². The Kier molecular flexibility index (Phi) is 4.44. The van der Waals surface area contributed by atoms with Gasteiger partial charge in [0, 0.05) is 6.04 Å². The minimum absolute atomic E-state index is 0.0636. The van der Waals surface area contributed by atoms with E-state index >= 15 is 0 Å². The zero-order chi connectivity index (χ0) is 14.7. The number of rotatable bonds is 4. The lowest BCUT2D eigenvalue weighted by atomic mass is 9.93. The van der Waals surface area contributed by atoms with Crippen molar-refractivity contribution in [3.8, 4) is 5.75 Å². The second-order valence-electron chi connectivity index (χ2n) is 6.15. The fraction of sp³-hybridized carbons (Fsp3) is 0.588. The van der Waals surface area contributed by atoms with Crippen LogP contribution in [-0.2, 0) is 0 Å². The van der Waals surface area contributed by atoms with Crippen LogP contribution in [-0.4, -0.2) is 29.3 Å². The van der Waals surface area contributed by atoms with E-state index in [1.54, 1.807) is 0 Å². The van der Waals surface area contributed by atoms with Crippen molar-refractivity contribution < 1.29 is 14.6 Å². The van der Waals surface area contributed by atoms with Gasteiger partial charge in [-0.1, -0.05) is 12.1 Å². The van der Waals surface area contributed by atoms with E-state index in [1.807, 2.05) is 24.3 Å². The summed E-state index contributed by atoms with van der Waals surface area (Å²) in [4.78, 5) is 12.4. The summed E-state index contributed by atoms with van der Waals surface area (Å²) in [5.41, 5.74) is 0.621. The number of aliphatic hydroxyl groups excluding tert-OH is 1. The summed E-state index contributed by atoms with van der Waals surface area (Å²) in [6.45, 7) is 0. The normalized spacial score (nSPS) is 26.0. The predicted octanol–water partition coefficient (Wildman–Crippen LogP) is 2.65. The third-order valence-electron chi connectivity index (χ3n) is 4.51. The van der Waals surface area contributed by atoms with Crippen LogP contribution in [0.25, 0.3) is 0 Å². The molecule has 2 fully saturated rings. The monoisotopic (exact) mass is 289 g/mol. The number of ether oxygens (including phenoxy) is 1. The van der Waals surface area contributed by atoms with Crippen molar-refractivity contribution in [2.45, 2.75) is 63.2 Å². The Balaban J connectivity index is 1.63. The topological polar surface area (TPSA) is 58.6 Å². The van der Waals surface area contributed by atoms with Crippen molar-refractivity contribution in [2.75, 3.05) is 0 Å². The first-order chi connectivity index (χ1) is 10.2. The molecule has 0 aromatic heterocycles. The summed E-state index contributed by atoms with van der Waals surface area (Å²) >= 11 is 0. The first-order valence-electron chi connectivity index (χ1n) is 7.97. The van der Waals surface area contributed by atoms with Crippen molar-refractivity contribution >= 4 is 5.91 Å². The van der Waals surface area contributed by atoms with Crippen LogP contribution < -0.4 is 10.1 Å². The number of benzene rings is 1. The Labute approximate surface area is 125 Å². The number of hydrogen-bond donors (Lipinski definition) is 2. The van der Waals surface area contributed by atoms with Gasteiger partial charge in [-0.25, -0.2) is 0 Å². The number of carbonyl (C=O) groups excluding carboxylic acids is 1. The van der Waals surface area contributed by atoms with E-state index in [0.717, 1.165) is 38.5 Å². The van der Waals surface area contributed by atoms with Gasteiger partial charge < -0.3 is 15.2 Å². The molecule has 0 heterocycles. The Bertz CT molecular complexity index is 491. The van der Waals surface area contributed by atoms with Crippen molar-refractivity contribution in [2.24, 2.45) is 0 Å². The molecule has 0 saturated heterocycles. The van der Waals surface area contributed by atoms with Crippen molar-refractivity contribution in [3.05, 3.63) is 29.8 Å². The van der Waals surface area contributed by atoms with Gasteiger partial charge in [-0.15, -0.1) is 0 Å². The maximum atomic E-state index is 12.4. The van der Waals surface area contributed by atoms with E-state index in [0.29, 0.717) is 11.3 Å². The van der Waals surface area contributed by atoms with Crippen LogP contribution in [0, 0.1) is 0 Å². The number of hydrogen-bond acceptors (Lipinski definition) is 3. The van der Waals surface area contributed by atoms with Crippen LogP contribution in [0.4, 0.5) is 0 Å². The third kappa shape index (κ3) is 3.56. The summed E-state index contributed by atoms with van der Waals surface area (Å²) in [6.07, 6.45) is 6.67. The van der Waals surface area contributed by atoms with E-state index in [2.05, 4.69) is 5.32 Å². The Morgan fingerprint density at radius 2 is 1.81 bits per heavy atom. The number of amides is 1. The lowest BCUT2D eigenvalue weighted by Crippen LogP contribution is -2.39. The predicted molar refractivity (Wildman–Crippen MR) is 80.4 cm³/mol. The molecule has 114 valence electrons. The zero-order valence-corrected chi connectivity index (χ0v) is 12.3. The van der Waals surface area contributed by atoms with Crippen molar-refractivity contribution in [1.29, 1.82) is 0 Å². The minimum Gasteiger partial charge on any atom is -0.490 e. The molecule has 0 radical (unpaired) electrons. The summed E-state index contributed by atoms with van der Waals surface area (Å²) in [7, 11) is 0. The molecule has 1 amide bonds. The highest BCUT2D eigenvalue weighted by Gasteiger charge is 2.24. The van der Waals surface area contributed by atoms with Crippen LogP contribution in [0.5, 0.6) is 5.75 Å². The summed E-state index contributed by atoms with van der Waals surface area (Å²) < 4.78 is 5.91. The molecular formula is C17H23NO3. The highest BCUT2D eigenvalue weighted by molar-refractivity contribution is 5.97. The molecule has 0 aliphatic heterocycles. The standard InChI is InChI=1S/C17H23NO3/c19-13-10-8-12(9-11-13)18-17(20)15-6-1-2-7-16(15)21-14-4-3-5-14/h1-2,6-7,12-14,19H,3-5,8-11H2,(H,18,20). The maximum Gasteiger partial charge on any atom is 0.255 e. The second-order valence-corrected chi connectivity index (χ2v) is 6.15. The second kappa shape index (κ2) is 6.48. The molecule has 3 rings (SSSR count). The molecule has 0 spiro atoms.